The van der Waals surface area contributed by atoms with Crippen molar-refractivity contribution in [3.05, 3.63) is 60.2 Å². The third kappa shape index (κ3) is 6.04. The molecule has 0 spiro atoms. The van der Waals surface area contributed by atoms with Gasteiger partial charge >= 0.3 is 0 Å². The van der Waals surface area contributed by atoms with E-state index >= 15 is 0 Å². The Bertz CT molecular complexity index is 990. The maximum Gasteiger partial charge on any atom is 0.253 e. The highest BCUT2D eigenvalue weighted by molar-refractivity contribution is 8.01. The van der Waals surface area contributed by atoms with Crippen LogP contribution in [0.2, 0.25) is 0 Å². The largest absolute Gasteiger partial charge is 0.339 e. The molecule has 156 valence electrons. The van der Waals surface area contributed by atoms with E-state index in [0.29, 0.717) is 33.8 Å². The molecule has 9 heteroatoms. The number of nitrogens with one attached hydrogen (secondary N) is 2. The Morgan fingerprint density at radius 2 is 1.73 bits per heavy atom. The first-order valence-electron chi connectivity index (χ1n) is 9.56. The second kappa shape index (κ2) is 10.7. The molecule has 0 atom stereocenters. The van der Waals surface area contributed by atoms with E-state index in [4.69, 9.17) is 0 Å². The zero-order valence-electron chi connectivity index (χ0n) is 16.8. The van der Waals surface area contributed by atoms with E-state index in [1.807, 2.05) is 44.2 Å². The van der Waals surface area contributed by atoms with Gasteiger partial charge in [-0.15, -0.1) is 10.2 Å². The first-order chi connectivity index (χ1) is 14.6. The number of aromatic nitrogens is 2. The van der Waals surface area contributed by atoms with E-state index < -0.39 is 0 Å². The highest BCUT2D eigenvalue weighted by atomic mass is 32.2. The Balaban J connectivity index is 1.53. The molecule has 3 aromatic rings. The van der Waals surface area contributed by atoms with Crippen LogP contribution in [0, 0.1) is 0 Å². The fourth-order valence-corrected chi connectivity index (χ4v) is 4.28. The van der Waals surface area contributed by atoms with Gasteiger partial charge in [0.2, 0.25) is 11.0 Å². The second-order valence-corrected chi connectivity index (χ2v) is 8.46. The number of thioether (sulfide) groups is 1. The highest BCUT2D eigenvalue weighted by Crippen LogP contribution is 2.27. The predicted octanol–water partition coefficient (Wildman–Crippen LogP) is 4.49. The lowest BCUT2D eigenvalue weighted by atomic mass is 10.1. The molecule has 0 saturated carbocycles. The van der Waals surface area contributed by atoms with Crippen molar-refractivity contribution in [2.45, 2.75) is 18.2 Å². The van der Waals surface area contributed by atoms with Crippen LogP contribution in [0.15, 0.2) is 58.9 Å². The van der Waals surface area contributed by atoms with Crippen molar-refractivity contribution in [2.75, 3.05) is 29.5 Å². The van der Waals surface area contributed by atoms with Gasteiger partial charge in [0, 0.05) is 30.0 Å². The number of nitrogens with zero attached hydrogens (tertiary/aromatic N) is 3. The zero-order chi connectivity index (χ0) is 21.3. The molecule has 0 bridgehead atoms. The molecular formula is C21H23N5O2S2. The first kappa shape index (κ1) is 21.8. The first-order valence-corrected chi connectivity index (χ1v) is 11.4. The molecule has 0 radical (unpaired) electrons. The van der Waals surface area contributed by atoms with Crippen LogP contribution >= 0.6 is 23.1 Å². The molecule has 2 amide bonds. The van der Waals surface area contributed by atoms with E-state index in [1.54, 1.807) is 29.2 Å². The number of benzene rings is 2. The number of carbonyl (C=O) groups is 2. The van der Waals surface area contributed by atoms with Gasteiger partial charge in [-0.05, 0) is 44.2 Å². The average molecular weight is 442 g/mol. The summed E-state index contributed by atoms with van der Waals surface area (Å²) in [4.78, 5) is 26.5. The van der Waals surface area contributed by atoms with E-state index in [1.165, 1.54) is 23.1 Å². The summed E-state index contributed by atoms with van der Waals surface area (Å²) in [6, 6.07) is 16.7. The van der Waals surface area contributed by atoms with Gasteiger partial charge in [-0.25, -0.2) is 0 Å². The third-order valence-corrected chi connectivity index (χ3v) is 6.17. The van der Waals surface area contributed by atoms with Gasteiger partial charge in [-0.3, -0.25) is 9.59 Å². The topological polar surface area (TPSA) is 87.2 Å². The summed E-state index contributed by atoms with van der Waals surface area (Å²) in [6.07, 6.45) is 0. The number of hydrogen-bond donors (Lipinski definition) is 2. The van der Waals surface area contributed by atoms with Crippen LogP contribution in [-0.4, -0.2) is 45.8 Å². The lowest BCUT2D eigenvalue weighted by molar-refractivity contribution is -0.113. The SMILES string of the molecule is CCN(CC)C(=O)c1cccc(NC(=O)CSc2nnc(Nc3ccccc3)s2)c1. The minimum atomic E-state index is -0.166. The van der Waals surface area contributed by atoms with Gasteiger partial charge in [-0.1, -0.05) is 47.4 Å². The minimum absolute atomic E-state index is 0.0437. The van der Waals surface area contributed by atoms with Crippen LogP contribution in [0.3, 0.4) is 0 Å². The third-order valence-electron chi connectivity index (χ3n) is 4.20. The summed E-state index contributed by atoms with van der Waals surface area (Å²) in [7, 11) is 0. The number of amides is 2. The van der Waals surface area contributed by atoms with Crippen molar-refractivity contribution in [3.63, 3.8) is 0 Å². The van der Waals surface area contributed by atoms with Crippen LogP contribution < -0.4 is 10.6 Å². The Morgan fingerprint density at radius 3 is 2.47 bits per heavy atom. The molecule has 30 heavy (non-hydrogen) atoms. The summed E-state index contributed by atoms with van der Waals surface area (Å²) < 4.78 is 0.703. The molecule has 1 heterocycles. The van der Waals surface area contributed by atoms with E-state index in [2.05, 4.69) is 20.8 Å². The molecule has 0 aliphatic rings. The standard InChI is InChI=1S/C21H23N5O2S2/c1-3-26(4-2)19(28)15-9-8-12-17(13-15)22-18(27)14-29-21-25-24-20(30-21)23-16-10-6-5-7-11-16/h5-13H,3-4,14H2,1-2H3,(H,22,27)(H,23,24). The molecule has 0 saturated heterocycles. The molecule has 3 rings (SSSR count). The molecule has 0 aliphatic carbocycles. The van der Waals surface area contributed by atoms with Crippen molar-refractivity contribution in [1.29, 1.82) is 0 Å². The zero-order valence-corrected chi connectivity index (χ0v) is 18.4. The quantitative estimate of drug-likeness (QED) is 0.476. The summed E-state index contributed by atoms with van der Waals surface area (Å²) in [5.41, 5.74) is 2.09. The summed E-state index contributed by atoms with van der Waals surface area (Å²) >= 11 is 2.71. The van der Waals surface area contributed by atoms with E-state index in [-0.39, 0.29) is 17.6 Å². The van der Waals surface area contributed by atoms with Gasteiger partial charge in [0.25, 0.3) is 5.91 Å². The average Bonchev–Trinajstić information content (AvgIpc) is 3.21. The Kier molecular flexibility index (Phi) is 7.81. The van der Waals surface area contributed by atoms with Crippen molar-refractivity contribution < 1.29 is 9.59 Å². The van der Waals surface area contributed by atoms with Gasteiger partial charge in [0.1, 0.15) is 0 Å². The fraction of sp³-hybridized carbons (Fsp3) is 0.238. The van der Waals surface area contributed by atoms with Crippen LogP contribution in [0.25, 0.3) is 0 Å². The number of rotatable bonds is 9. The number of hydrogen-bond acceptors (Lipinski definition) is 7. The Morgan fingerprint density at radius 1 is 1.00 bits per heavy atom. The molecule has 2 aromatic carbocycles. The van der Waals surface area contributed by atoms with Crippen LogP contribution in [0.1, 0.15) is 24.2 Å². The molecule has 7 nitrogen and oxygen atoms in total. The van der Waals surface area contributed by atoms with Gasteiger partial charge in [0.05, 0.1) is 5.75 Å². The maximum absolute atomic E-state index is 12.5. The number of para-hydroxylation sites is 1. The predicted molar refractivity (Wildman–Crippen MR) is 123 cm³/mol. The van der Waals surface area contributed by atoms with Crippen molar-refractivity contribution in [2.24, 2.45) is 0 Å². The lowest BCUT2D eigenvalue weighted by Crippen LogP contribution is -2.30. The molecule has 0 unspecified atom stereocenters. The molecule has 0 aliphatic heterocycles. The van der Waals surface area contributed by atoms with Crippen molar-refractivity contribution >= 4 is 51.4 Å². The van der Waals surface area contributed by atoms with Crippen LogP contribution in [0.5, 0.6) is 0 Å². The lowest BCUT2D eigenvalue weighted by Gasteiger charge is -2.19. The van der Waals surface area contributed by atoms with Crippen molar-refractivity contribution in [1.82, 2.24) is 15.1 Å². The minimum Gasteiger partial charge on any atom is -0.339 e. The smallest absolute Gasteiger partial charge is 0.253 e. The summed E-state index contributed by atoms with van der Waals surface area (Å²) in [5, 5.41) is 14.9. The maximum atomic E-state index is 12.5. The van der Waals surface area contributed by atoms with Gasteiger partial charge < -0.3 is 15.5 Å². The Labute approximate surface area is 183 Å². The van der Waals surface area contributed by atoms with Crippen LogP contribution in [-0.2, 0) is 4.79 Å². The second-order valence-electron chi connectivity index (χ2n) is 6.26. The van der Waals surface area contributed by atoms with Gasteiger partial charge in [0.15, 0.2) is 4.34 Å². The molecular weight excluding hydrogens is 418 g/mol. The van der Waals surface area contributed by atoms with Gasteiger partial charge in [-0.2, -0.15) is 0 Å². The number of anilines is 3. The molecule has 1 aromatic heterocycles. The fourth-order valence-electron chi connectivity index (χ4n) is 2.71. The summed E-state index contributed by atoms with van der Waals surface area (Å²) in [6.45, 7) is 5.17. The molecule has 0 fully saturated rings. The Hall–Kier alpha value is -2.91. The van der Waals surface area contributed by atoms with E-state index in [0.717, 1.165) is 5.69 Å². The number of carbonyl (C=O) groups excluding carboxylic acids is 2. The normalized spacial score (nSPS) is 10.5. The monoisotopic (exact) mass is 441 g/mol. The van der Waals surface area contributed by atoms with E-state index in [9.17, 15) is 9.59 Å². The summed E-state index contributed by atoms with van der Waals surface area (Å²) in [5.74, 6) is -0.00763. The molecule has 2 N–H and O–H groups in total. The highest BCUT2D eigenvalue weighted by Gasteiger charge is 2.14. The van der Waals surface area contributed by atoms with Crippen molar-refractivity contribution in [3.8, 4) is 0 Å². The van der Waals surface area contributed by atoms with Crippen LogP contribution in [0.4, 0.5) is 16.5 Å².